The number of rotatable bonds is 4. The molecule has 1 aromatic carbocycles. The van der Waals surface area contributed by atoms with E-state index in [9.17, 15) is 14.9 Å². The molecule has 0 aliphatic rings. The molecule has 1 atom stereocenters. The first-order valence-corrected chi connectivity index (χ1v) is 4.29. The second kappa shape index (κ2) is 4.58. The fourth-order valence-electron chi connectivity index (χ4n) is 1.15. The van der Waals surface area contributed by atoms with Crippen LogP contribution in [0.4, 0.5) is 5.69 Å². The Morgan fingerprint density at radius 2 is 2.12 bits per heavy atom. The van der Waals surface area contributed by atoms with Crippen molar-refractivity contribution >= 4 is 11.7 Å². The summed E-state index contributed by atoms with van der Waals surface area (Å²) in [7, 11) is 0. The Kier molecular flexibility index (Phi) is 3.41. The van der Waals surface area contributed by atoms with Crippen LogP contribution in [0.3, 0.4) is 0 Å². The minimum Gasteiger partial charge on any atom is -0.502 e. The van der Waals surface area contributed by atoms with Crippen LogP contribution in [0.1, 0.15) is 5.56 Å². The molecule has 1 unspecified atom stereocenters. The van der Waals surface area contributed by atoms with Gasteiger partial charge in [0.2, 0.25) is 0 Å². The molecule has 3 N–H and O–H groups in total. The van der Waals surface area contributed by atoms with Crippen LogP contribution in [-0.2, 0) is 11.2 Å². The summed E-state index contributed by atoms with van der Waals surface area (Å²) in [5.74, 6) is -1.91. The van der Waals surface area contributed by atoms with E-state index in [1.165, 1.54) is 6.07 Å². The lowest BCUT2D eigenvalue weighted by Crippen LogP contribution is -2.21. The maximum Gasteiger partial charge on any atom is 0.332 e. The number of nitrogens with zero attached hydrogens (tertiary/aromatic N) is 1. The van der Waals surface area contributed by atoms with Crippen molar-refractivity contribution < 1.29 is 25.0 Å². The average molecular weight is 227 g/mol. The van der Waals surface area contributed by atoms with Gasteiger partial charge in [-0.2, -0.15) is 0 Å². The molecule has 0 fully saturated rings. The molecule has 7 nitrogen and oxygen atoms in total. The summed E-state index contributed by atoms with van der Waals surface area (Å²) < 4.78 is 0. The van der Waals surface area contributed by atoms with Crippen LogP contribution < -0.4 is 0 Å². The number of carboxylic acid groups (broad SMARTS) is 1. The Balaban J connectivity index is 2.95. The summed E-state index contributed by atoms with van der Waals surface area (Å²) in [5, 5.41) is 37.1. The van der Waals surface area contributed by atoms with Gasteiger partial charge in [0.1, 0.15) is 0 Å². The number of phenolic OH excluding ortho intramolecular Hbond substituents is 1. The molecule has 0 aromatic heterocycles. The van der Waals surface area contributed by atoms with E-state index in [-0.39, 0.29) is 12.0 Å². The van der Waals surface area contributed by atoms with E-state index in [1.54, 1.807) is 0 Å². The summed E-state index contributed by atoms with van der Waals surface area (Å²) in [4.78, 5) is 20.0. The highest BCUT2D eigenvalue weighted by atomic mass is 16.6. The van der Waals surface area contributed by atoms with Gasteiger partial charge in [-0.1, -0.05) is 6.07 Å². The summed E-state index contributed by atoms with van der Waals surface area (Å²) >= 11 is 0. The van der Waals surface area contributed by atoms with Gasteiger partial charge in [-0.3, -0.25) is 10.1 Å². The predicted octanol–water partition coefficient (Wildman–Crippen LogP) is 0.288. The number of phenols is 1. The standard InChI is InChI=1S/C9H9NO6/c11-7-2-1-5(3-6(7)10(15)16)4-8(12)9(13)14/h1-3,8,11-12H,4H2,(H,13,14). The number of nitro benzene ring substituents is 1. The molecule has 0 aliphatic carbocycles. The third-order valence-corrected chi connectivity index (χ3v) is 1.95. The first kappa shape index (κ1) is 11.9. The first-order chi connectivity index (χ1) is 7.41. The molecule has 7 heteroatoms. The van der Waals surface area contributed by atoms with Gasteiger partial charge in [-0.25, -0.2) is 4.79 Å². The van der Waals surface area contributed by atoms with E-state index in [0.717, 1.165) is 12.1 Å². The number of aliphatic carboxylic acids is 1. The molecule has 0 aliphatic heterocycles. The zero-order valence-electron chi connectivity index (χ0n) is 8.03. The second-order valence-electron chi connectivity index (χ2n) is 3.14. The smallest absolute Gasteiger partial charge is 0.332 e. The lowest BCUT2D eigenvalue weighted by atomic mass is 10.1. The minimum atomic E-state index is -1.62. The number of aromatic hydroxyl groups is 1. The van der Waals surface area contributed by atoms with Crippen LogP contribution in [0.25, 0.3) is 0 Å². The Morgan fingerprint density at radius 3 is 2.62 bits per heavy atom. The van der Waals surface area contributed by atoms with Crippen molar-refractivity contribution in [3.8, 4) is 5.75 Å². The molecule has 0 saturated heterocycles. The van der Waals surface area contributed by atoms with E-state index in [1.807, 2.05) is 0 Å². The molecule has 0 spiro atoms. The molecule has 0 heterocycles. The number of nitro groups is 1. The summed E-state index contributed by atoms with van der Waals surface area (Å²) in [6.07, 6.45) is -1.87. The largest absolute Gasteiger partial charge is 0.502 e. The Morgan fingerprint density at radius 1 is 1.50 bits per heavy atom. The van der Waals surface area contributed by atoms with Crippen molar-refractivity contribution in [3.05, 3.63) is 33.9 Å². The van der Waals surface area contributed by atoms with Gasteiger partial charge in [-0.05, 0) is 11.6 Å². The van der Waals surface area contributed by atoms with Crippen molar-refractivity contribution in [3.63, 3.8) is 0 Å². The number of carbonyl (C=O) groups is 1. The van der Waals surface area contributed by atoms with Gasteiger partial charge in [0.15, 0.2) is 11.9 Å². The van der Waals surface area contributed by atoms with E-state index in [0.29, 0.717) is 0 Å². The molecule has 86 valence electrons. The number of benzene rings is 1. The van der Waals surface area contributed by atoms with Gasteiger partial charge in [0, 0.05) is 12.5 Å². The van der Waals surface area contributed by atoms with E-state index < -0.39 is 28.4 Å². The van der Waals surface area contributed by atoms with Gasteiger partial charge >= 0.3 is 11.7 Å². The summed E-state index contributed by atoms with van der Waals surface area (Å²) in [6.45, 7) is 0. The molecule has 0 radical (unpaired) electrons. The van der Waals surface area contributed by atoms with Crippen molar-refractivity contribution in [1.29, 1.82) is 0 Å². The molecule has 0 amide bonds. The van der Waals surface area contributed by atoms with Crippen LogP contribution >= 0.6 is 0 Å². The molecule has 1 rings (SSSR count). The lowest BCUT2D eigenvalue weighted by molar-refractivity contribution is -0.385. The van der Waals surface area contributed by atoms with E-state index >= 15 is 0 Å². The predicted molar refractivity (Wildman–Crippen MR) is 52.1 cm³/mol. The second-order valence-corrected chi connectivity index (χ2v) is 3.14. The number of aliphatic hydroxyl groups excluding tert-OH is 1. The van der Waals surface area contributed by atoms with Crippen molar-refractivity contribution in [1.82, 2.24) is 0 Å². The normalized spacial score (nSPS) is 12.1. The maximum absolute atomic E-state index is 10.5. The zero-order chi connectivity index (χ0) is 12.3. The average Bonchev–Trinajstić information content (AvgIpc) is 2.20. The molecule has 16 heavy (non-hydrogen) atoms. The molecular formula is C9H9NO6. The molecule has 0 bridgehead atoms. The fourth-order valence-corrected chi connectivity index (χ4v) is 1.15. The highest BCUT2D eigenvalue weighted by molar-refractivity contribution is 5.72. The van der Waals surface area contributed by atoms with E-state index in [2.05, 4.69) is 0 Å². The quantitative estimate of drug-likeness (QED) is 0.502. The van der Waals surface area contributed by atoms with E-state index in [4.69, 9.17) is 15.3 Å². The molecular weight excluding hydrogens is 218 g/mol. The third-order valence-electron chi connectivity index (χ3n) is 1.95. The minimum absolute atomic E-state index is 0.254. The first-order valence-electron chi connectivity index (χ1n) is 4.29. The van der Waals surface area contributed by atoms with Gasteiger partial charge in [-0.15, -0.1) is 0 Å². The number of aliphatic hydroxyl groups is 1. The van der Waals surface area contributed by atoms with Crippen LogP contribution in [0.2, 0.25) is 0 Å². The summed E-state index contributed by atoms with van der Waals surface area (Å²) in [6, 6.07) is 3.43. The van der Waals surface area contributed by atoms with Crippen LogP contribution in [0.5, 0.6) is 5.75 Å². The highest BCUT2D eigenvalue weighted by Crippen LogP contribution is 2.26. The number of hydrogen-bond donors (Lipinski definition) is 3. The highest BCUT2D eigenvalue weighted by Gasteiger charge is 2.18. The van der Waals surface area contributed by atoms with Crippen LogP contribution in [0.15, 0.2) is 18.2 Å². The molecule has 0 saturated carbocycles. The van der Waals surface area contributed by atoms with Crippen molar-refractivity contribution in [2.75, 3.05) is 0 Å². The van der Waals surface area contributed by atoms with Crippen molar-refractivity contribution in [2.45, 2.75) is 12.5 Å². The monoisotopic (exact) mass is 227 g/mol. The Hall–Kier alpha value is -2.15. The number of hydrogen-bond acceptors (Lipinski definition) is 5. The van der Waals surface area contributed by atoms with Gasteiger partial charge in [0.25, 0.3) is 0 Å². The summed E-state index contributed by atoms with van der Waals surface area (Å²) in [5.41, 5.74) is -0.255. The fraction of sp³-hybridized carbons (Fsp3) is 0.222. The number of carboxylic acids is 1. The third kappa shape index (κ3) is 2.67. The maximum atomic E-state index is 10.5. The van der Waals surface area contributed by atoms with Crippen LogP contribution in [0, 0.1) is 10.1 Å². The van der Waals surface area contributed by atoms with Gasteiger partial charge < -0.3 is 15.3 Å². The lowest BCUT2D eigenvalue weighted by Gasteiger charge is -2.05. The molecule has 1 aromatic rings. The topological polar surface area (TPSA) is 121 Å². The Labute approximate surface area is 89.7 Å². The van der Waals surface area contributed by atoms with Crippen molar-refractivity contribution in [2.24, 2.45) is 0 Å². The Bertz CT molecular complexity index is 430. The van der Waals surface area contributed by atoms with Gasteiger partial charge in [0.05, 0.1) is 4.92 Å². The zero-order valence-corrected chi connectivity index (χ0v) is 8.03. The SMILES string of the molecule is O=C(O)C(O)Cc1ccc(O)c([N+](=O)[O-])c1. The van der Waals surface area contributed by atoms with Crippen LogP contribution in [-0.4, -0.2) is 32.3 Å².